The zero-order chi connectivity index (χ0) is 14.8. The summed E-state index contributed by atoms with van der Waals surface area (Å²) in [5.74, 6) is 0.405. The highest BCUT2D eigenvalue weighted by atomic mass is 35.5. The Bertz CT molecular complexity index is 560. The number of hydrogen-bond donors (Lipinski definition) is 2. The molecule has 2 saturated heterocycles. The normalized spacial score (nSPS) is 22.4. The molecule has 2 heterocycles. The molecule has 0 aromatic heterocycles. The SMILES string of the molecule is O=C1CNC[C@@H](C(=O)N2CC(Oc3ccccc3Cl)C2)N1. The first kappa shape index (κ1) is 14.2. The highest BCUT2D eigenvalue weighted by Crippen LogP contribution is 2.26. The van der Waals surface area contributed by atoms with Crippen LogP contribution in [0.25, 0.3) is 0 Å². The third-order valence-corrected chi connectivity index (χ3v) is 3.87. The van der Waals surface area contributed by atoms with Crippen LogP contribution < -0.4 is 15.4 Å². The number of nitrogens with zero attached hydrogens (tertiary/aromatic N) is 1. The third-order valence-electron chi connectivity index (χ3n) is 3.56. The van der Waals surface area contributed by atoms with Gasteiger partial charge >= 0.3 is 0 Å². The van der Waals surface area contributed by atoms with Gasteiger partial charge in [0.1, 0.15) is 17.9 Å². The molecular formula is C14H16ClN3O3. The summed E-state index contributed by atoms with van der Waals surface area (Å²) in [7, 11) is 0. The molecule has 0 radical (unpaired) electrons. The van der Waals surface area contributed by atoms with Crippen molar-refractivity contribution in [2.24, 2.45) is 0 Å². The van der Waals surface area contributed by atoms with E-state index < -0.39 is 6.04 Å². The number of carbonyl (C=O) groups is 2. The fourth-order valence-corrected chi connectivity index (χ4v) is 2.59. The summed E-state index contributed by atoms with van der Waals surface area (Å²) in [6.07, 6.45) is -0.0545. The first-order chi connectivity index (χ1) is 10.1. The molecule has 21 heavy (non-hydrogen) atoms. The molecule has 0 spiro atoms. The number of ether oxygens (including phenoxy) is 1. The number of carbonyl (C=O) groups excluding carboxylic acids is 2. The van der Waals surface area contributed by atoms with Gasteiger partial charge in [0.25, 0.3) is 0 Å². The number of likely N-dealkylation sites (tertiary alicyclic amines) is 1. The van der Waals surface area contributed by atoms with Crippen molar-refractivity contribution >= 4 is 23.4 Å². The van der Waals surface area contributed by atoms with Crippen LogP contribution in [0.1, 0.15) is 0 Å². The van der Waals surface area contributed by atoms with Gasteiger partial charge in [0, 0.05) is 6.54 Å². The Morgan fingerprint density at radius 1 is 1.33 bits per heavy atom. The van der Waals surface area contributed by atoms with Crippen LogP contribution in [0.4, 0.5) is 0 Å². The summed E-state index contributed by atoms with van der Waals surface area (Å²) >= 11 is 6.02. The maximum absolute atomic E-state index is 12.2. The summed E-state index contributed by atoms with van der Waals surface area (Å²) < 4.78 is 5.74. The summed E-state index contributed by atoms with van der Waals surface area (Å²) in [5.41, 5.74) is 0. The highest BCUT2D eigenvalue weighted by molar-refractivity contribution is 6.32. The maximum Gasteiger partial charge on any atom is 0.246 e. The predicted octanol–water partition coefficient (Wildman–Crippen LogP) is 0.0176. The number of amides is 2. The van der Waals surface area contributed by atoms with E-state index in [4.69, 9.17) is 16.3 Å². The Balaban J connectivity index is 1.50. The summed E-state index contributed by atoms with van der Waals surface area (Å²) in [6, 6.07) is 6.78. The first-order valence-corrected chi connectivity index (χ1v) is 7.21. The Morgan fingerprint density at radius 2 is 2.10 bits per heavy atom. The average Bonchev–Trinajstić information content (AvgIpc) is 2.43. The van der Waals surface area contributed by atoms with Gasteiger partial charge in [0.2, 0.25) is 11.8 Å². The monoisotopic (exact) mass is 309 g/mol. The maximum atomic E-state index is 12.2. The molecular weight excluding hydrogens is 294 g/mol. The lowest BCUT2D eigenvalue weighted by atomic mass is 10.1. The Morgan fingerprint density at radius 3 is 2.81 bits per heavy atom. The van der Waals surface area contributed by atoms with Crippen LogP contribution in [0.15, 0.2) is 24.3 Å². The van der Waals surface area contributed by atoms with Gasteiger partial charge < -0.3 is 20.3 Å². The van der Waals surface area contributed by atoms with Crippen molar-refractivity contribution in [3.8, 4) is 5.75 Å². The van der Waals surface area contributed by atoms with E-state index in [1.807, 2.05) is 12.1 Å². The molecule has 1 aromatic carbocycles. The Hall–Kier alpha value is -1.79. The lowest BCUT2D eigenvalue weighted by Gasteiger charge is -2.41. The molecule has 2 N–H and O–H groups in total. The number of nitrogens with one attached hydrogen (secondary N) is 2. The quantitative estimate of drug-likeness (QED) is 0.826. The van der Waals surface area contributed by atoms with E-state index in [1.165, 1.54) is 0 Å². The molecule has 2 aliphatic heterocycles. The van der Waals surface area contributed by atoms with Gasteiger partial charge in [-0.3, -0.25) is 9.59 Å². The van der Waals surface area contributed by atoms with E-state index in [-0.39, 0.29) is 24.5 Å². The lowest BCUT2D eigenvalue weighted by Crippen LogP contribution is -2.64. The van der Waals surface area contributed by atoms with Crippen molar-refractivity contribution in [1.82, 2.24) is 15.5 Å². The lowest BCUT2D eigenvalue weighted by molar-refractivity contribution is -0.144. The molecule has 1 atom stereocenters. The van der Waals surface area contributed by atoms with Gasteiger partial charge in [-0.05, 0) is 12.1 Å². The smallest absolute Gasteiger partial charge is 0.246 e. The van der Waals surface area contributed by atoms with Crippen LogP contribution in [-0.2, 0) is 9.59 Å². The minimum Gasteiger partial charge on any atom is -0.485 e. The fraction of sp³-hybridized carbons (Fsp3) is 0.429. The van der Waals surface area contributed by atoms with E-state index in [9.17, 15) is 9.59 Å². The van der Waals surface area contributed by atoms with Crippen molar-refractivity contribution in [2.75, 3.05) is 26.2 Å². The molecule has 0 saturated carbocycles. The van der Waals surface area contributed by atoms with Crippen LogP contribution in [0.3, 0.4) is 0 Å². The molecule has 7 heteroatoms. The summed E-state index contributed by atoms with van der Waals surface area (Å²) in [5, 5.41) is 6.16. The van der Waals surface area contributed by atoms with Crippen molar-refractivity contribution in [3.05, 3.63) is 29.3 Å². The number of rotatable bonds is 3. The molecule has 3 rings (SSSR count). The van der Waals surface area contributed by atoms with E-state index >= 15 is 0 Å². The van der Waals surface area contributed by atoms with Crippen LogP contribution in [0.2, 0.25) is 5.02 Å². The second-order valence-electron chi connectivity index (χ2n) is 5.16. The highest BCUT2D eigenvalue weighted by Gasteiger charge is 2.37. The van der Waals surface area contributed by atoms with Gasteiger partial charge in [-0.25, -0.2) is 0 Å². The Kier molecular flexibility index (Phi) is 3.98. The van der Waals surface area contributed by atoms with Crippen LogP contribution in [0.5, 0.6) is 5.75 Å². The van der Waals surface area contributed by atoms with Crippen LogP contribution in [0, 0.1) is 0 Å². The molecule has 2 fully saturated rings. The molecule has 6 nitrogen and oxygen atoms in total. The van der Waals surface area contributed by atoms with Gasteiger partial charge in [0.05, 0.1) is 24.7 Å². The van der Waals surface area contributed by atoms with Crippen LogP contribution >= 0.6 is 11.6 Å². The zero-order valence-corrected chi connectivity index (χ0v) is 12.1. The third kappa shape index (κ3) is 3.11. The second kappa shape index (κ2) is 5.91. The average molecular weight is 310 g/mol. The summed E-state index contributed by atoms with van der Waals surface area (Å²) in [4.78, 5) is 25.1. The van der Waals surface area contributed by atoms with Crippen molar-refractivity contribution in [3.63, 3.8) is 0 Å². The first-order valence-electron chi connectivity index (χ1n) is 6.83. The van der Waals surface area contributed by atoms with E-state index in [0.29, 0.717) is 30.4 Å². The molecule has 2 amide bonds. The molecule has 2 aliphatic rings. The number of hydrogen-bond acceptors (Lipinski definition) is 4. The minimum atomic E-state index is -0.479. The molecule has 112 valence electrons. The largest absolute Gasteiger partial charge is 0.485 e. The molecule has 0 aliphatic carbocycles. The van der Waals surface area contributed by atoms with E-state index in [0.717, 1.165) is 0 Å². The van der Waals surface area contributed by atoms with Gasteiger partial charge in [-0.15, -0.1) is 0 Å². The van der Waals surface area contributed by atoms with E-state index in [2.05, 4.69) is 10.6 Å². The molecule has 1 aromatic rings. The second-order valence-corrected chi connectivity index (χ2v) is 5.57. The number of benzene rings is 1. The predicted molar refractivity (Wildman–Crippen MR) is 77.2 cm³/mol. The zero-order valence-electron chi connectivity index (χ0n) is 11.3. The standard InChI is InChI=1S/C14H16ClN3O3/c15-10-3-1-2-4-12(10)21-9-7-18(8-9)14(20)11-5-16-6-13(19)17-11/h1-4,9,11,16H,5-8H2,(H,17,19)/t11-/m0/s1. The van der Waals surface area contributed by atoms with Gasteiger partial charge in [-0.1, -0.05) is 23.7 Å². The number of halogens is 1. The topological polar surface area (TPSA) is 70.7 Å². The van der Waals surface area contributed by atoms with Crippen LogP contribution in [-0.4, -0.2) is 55.0 Å². The molecule has 0 bridgehead atoms. The molecule has 0 unspecified atom stereocenters. The van der Waals surface area contributed by atoms with E-state index in [1.54, 1.807) is 17.0 Å². The van der Waals surface area contributed by atoms with Gasteiger partial charge in [-0.2, -0.15) is 0 Å². The minimum absolute atomic E-state index is 0.0545. The summed E-state index contributed by atoms with van der Waals surface area (Å²) in [6.45, 7) is 1.76. The van der Waals surface area contributed by atoms with Gasteiger partial charge in [0.15, 0.2) is 0 Å². The fourth-order valence-electron chi connectivity index (χ4n) is 2.41. The van der Waals surface area contributed by atoms with Crippen molar-refractivity contribution < 1.29 is 14.3 Å². The Labute approximate surface area is 127 Å². The number of para-hydroxylation sites is 1. The van der Waals surface area contributed by atoms with Crippen molar-refractivity contribution in [2.45, 2.75) is 12.1 Å². The van der Waals surface area contributed by atoms with Crippen molar-refractivity contribution in [1.29, 1.82) is 0 Å². The number of piperazine rings is 1.